The first-order valence-corrected chi connectivity index (χ1v) is 12.7. The van der Waals surface area contributed by atoms with Crippen LogP contribution in [0.2, 0.25) is 0 Å². The maximum Gasteiger partial charge on any atom is 0.275 e. The molecule has 0 saturated carbocycles. The van der Waals surface area contributed by atoms with Crippen molar-refractivity contribution in [3.8, 4) is 6.07 Å². The molecule has 186 valence electrons. The van der Waals surface area contributed by atoms with Crippen LogP contribution < -0.4 is 4.72 Å². The van der Waals surface area contributed by atoms with Crippen LogP contribution in [0.15, 0.2) is 4.21 Å². The van der Waals surface area contributed by atoms with Crippen LogP contribution >= 0.6 is 11.3 Å². The Hall–Kier alpha value is -2.46. The molecule has 12 heteroatoms. The number of sulfonamides is 1. The first kappa shape index (κ1) is 27.8. The van der Waals surface area contributed by atoms with Gasteiger partial charge in [-0.05, 0) is 42.4 Å². The summed E-state index contributed by atoms with van der Waals surface area (Å²) in [4.78, 5) is 16.7. The quantitative estimate of drug-likeness (QED) is 0.490. The topological polar surface area (TPSA) is 140 Å². The summed E-state index contributed by atoms with van der Waals surface area (Å²) in [7, 11) is -4.52. The molecule has 1 amide bonds. The standard InChI is InChI=1S/C22H27F2N3O5S2/c1-10(2)16-12(17(11(3)4)19(24)13(8-25)18(16)23)7-15(29)27-34(31,32)20-14(9-28)26-21(33-20)22(5,6)30/h10-11,28,30H,7,9H2,1-6H3,(H,27,29). The fourth-order valence-corrected chi connectivity index (χ4v) is 6.07. The van der Waals surface area contributed by atoms with Crippen molar-refractivity contribution in [1.82, 2.24) is 9.71 Å². The van der Waals surface area contributed by atoms with Gasteiger partial charge in [0.05, 0.1) is 18.7 Å². The molecule has 0 saturated heterocycles. The molecule has 2 aromatic rings. The molecule has 3 N–H and O–H groups in total. The zero-order chi connectivity index (χ0) is 26.2. The fraction of sp³-hybridized carbons (Fsp3) is 0.500. The number of aromatic nitrogens is 1. The molecule has 34 heavy (non-hydrogen) atoms. The monoisotopic (exact) mass is 515 g/mol. The number of nitrogens with one attached hydrogen (secondary N) is 1. The average Bonchev–Trinajstić information content (AvgIpc) is 3.13. The first-order chi connectivity index (χ1) is 15.6. The molecule has 0 bridgehead atoms. The predicted octanol–water partition coefficient (Wildman–Crippen LogP) is 3.31. The van der Waals surface area contributed by atoms with Crippen LogP contribution in [-0.4, -0.2) is 29.5 Å². The van der Waals surface area contributed by atoms with Gasteiger partial charge in [0.15, 0.2) is 4.21 Å². The number of carbonyl (C=O) groups excluding carboxylic acids is 1. The first-order valence-electron chi connectivity index (χ1n) is 10.4. The van der Waals surface area contributed by atoms with Gasteiger partial charge in [-0.1, -0.05) is 27.7 Å². The fourth-order valence-electron chi connectivity index (χ4n) is 3.57. The van der Waals surface area contributed by atoms with Crippen molar-refractivity contribution in [2.45, 2.75) is 76.2 Å². The number of amides is 1. The number of halogens is 2. The summed E-state index contributed by atoms with van der Waals surface area (Å²) >= 11 is 0.592. The van der Waals surface area contributed by atoms with E-state index in [9.17, 15) is 37.5 Å². The second-order valence-electron chi connectivity index (χ2n) is 8.91. The van der Waals surface area contributed by atoms with Gasteiger partial charge in [-0.15, -0.1) is 11.3 Å². The third-order valence-electron chi connectivity index (χ3n) is 4.99. The van der Waals surface area contributed by atoms with Crippen molar-refractivity contribution in [2.24, 2.45) is 0 Å². The smallest absolute Gasteiger partial charge is 0.275 e. The lowest BCUT2D eigenvalue weighted by atomic mass is 9.84. The van der Waals surface area contributed by atoms with E-state index in [0.29, 0.717) is 11.3 Å². The Bertz CT molecular complexity index is 1220. The van der Waals surface area contributed by atoms with Gasteiger partial charge in [0, 0.05) is 0 Å². The number of benzene rings is 1. The minimum atomic E-state index is -4.52. The van der Waals surface area contributed by atoms with Gasteiger partial charge in [-0.2, -0.15) is 5.26 Å². The van der Waals surface area contributed by atoms with Crippen molar-refractivity contribution in [3.05, 3.63) is 44.6 Å². The summed E-state index contributed by atoms with van der Waals surface area (Å²) in [6.45, 7) is 8.47. The predicted molar refractivity (Wildman–Crippen MR) is 122 cm³/mol. The Morgan fingerprint density at radius 1 is 1.18 bits per heavy atom. The summed E-state index contributed by atoms with van der Waals surface area (Å²) in [5.74, 6) is -4.27. The van der Waals surface area contributed by atoms with Crippen LogP contribution in [0, 0.1) is 23.0 Å². The second-order valence-corrected chi connectivity index (χ2v) is 11.8. The average molecular weight is 516 g/mol. The van der Waals surface area contributed by atoms with E-state index in [1.165, 1.54) is 19.9 Å². The summed E-state index contributed by atoms with van der Waals surface area (Å²) < 4.78 is 57.1. The Kier molecular flexibility index (Phi) is 8.20. The van der Waals surface area contributed by atoms with E-state index >= 15 is 0 Å². The number of thiazole rings is 1. The van der Waals surface area contributed by atoms with Gasteiger partial charge in [0.1, 0.15) is 33.9 Å². The molecule has 0 fully saturated rings. The molecule has 1 aromatic carbocycles. The van der Waals surface area contributed by atoms with E-state index in [-0.39, 0.29) is 27.4 Å². The van der Waals surface area contributed by atoms with Crippen LogP contribution in [0.1, 0.15) is 86.3 Å². The molecule has 8 nitrogen and oxygen atoms in total. The number of aliphatic hydroxyl groups excluding tert-OH is 1. The lowest BCUT2D eigenvalue weighted by Gasteiger charge is -2.22. The second kappa shape index (κ2) is 10.0. The number of hydrogen-bond acceptors (Lipinski definition) is 8. The van der Waals surface area contributed by atoms with Crippen molar-refractivity contribution >= 4 is 27.3 Å². The zero-order valence-corrected chi connectivity index (χ0v) is 21.3. The number of aliphatic hydroxyl groups is 2. The number of nitrogens with zero attached hydrogens (tertiary/aromatic N) is 2. The van der Waals surface area contributed by atoms with E-state index in [1.54, 1.807) is 27.7 Å². The molecule has 0 unspecified atom stereocenters. The van der Waals surface area contributed by atoms with E-state index in [2.05, 4.69) is 4.98 Å². The minimum Gasteiger partial charge on any atom is -0.390 e. The molecule has 1 aromatic heterocycles. The maximum absolute atomic E-state index is 15.0. The Balaban J connectivity index is 2.55. The van der Waals surface area contributed by atoms with Gasteiger partial charge >= 0.3 is 0 Å². The molecule has 0 aliphatic rings. The molecule has 0 atom stereocenters. The van der Waals surface area contributed by atoms with Crippen LogP contribution in [0.5, 0.6) is 0 Å². The highest BCUT2D eigenvalue weighted by Crippen LogP contribution is 2.36. The molecule has 2 rings (SSSR count). The minimum absolute atomic E-state index is 0.0180. The number of rotatable bonds is 8. The highest BCUT2D eigenvalue weighted by Gasteiger charge is 2.32. The Morgan fingerprint density at radius 2 is 1.68 bits per heavy atom. The van der Waals surface area contributed by atoms with Gasteiger partial charge in [0.25, 0.3) is 10.0 Å². The van der Waals surface area contributed by atoms with E-state index < -0.39 is 67.8 Å². The molecular weight excluding hydrogens is 488 g/mol. The highest BCUT2D eigenvalue weighted by atomic mass is 32.2. The number of hydrogen-bond donors (Lipinski definition) is 3. The Morgan fingerprint density at radius 3 is 2.06 bits per heavy atom. The van der Waals surface area contributed by atoms with Gasteiger partial charge in [-0.3, -0.25) is 4.79 Å². The normalized spacial score (nSPS) is 12.3. The number of carbonyl (C=O) groups is 1. The largest absolute Gasteiger partial charge is 0.390 e. The molecule has 0 spiro atoms. The van der Waals surface area contributed by atoms with Crippen molar-refractivity contribution in [2.75, 3.05) is 0 Å². The molecule has 0 aliphatic carbocycles. The third kappa shape index (κ3) is 5.43. The Labute approximate surface area is 201 Å². The SMILES string of the molecule is CC(C)c1c(F)c(C#N)c(F)c(C(C)C)c1CC(=O)NS(=O)(=O)c1sc(C(C)(C)O)nc1CO. The van der Waals surface area contributed by atoms with Gasteiger partial charge in [0.2, 0.25) is 5.91 Å². The molecular formula is C22H27F2N3O5S2. The van der Waals surface area contributed by atoms with E-state index in [1.807, 2.05) is 4.72 Å². The lowest BCUT2D eigenvalue weighted by molar-refractivity contribution is -0.118. The summed E-state index contributed by atoms with van der Waals surface area (Å²) in [6, 6.07) is 1.53. The van der Waals surface area contributed by atoms with Crippen molar-refractivity contribution in [3.63, 3.8) is 0 Å². The van der Waals surface area contributed by atoms with Gasteiger partial charge < -0.3 is 10.2 Å². The zero-order valence-electron chi connectivity index (χ0n) is 19.7. The van der Waals surface area contributed by atoms with Crippen molar-refractivity contribution < 1.29 is 32.2 Å². The van der Waals surface area contributed by atoms with Gasteiger partial charge in [-0.25, -0.2) is 26.9 Å². The van der Waals surface area contributed by atoms with Crippen LogP contribution in [0.25, 0.3) is 0 Å². The summed E-state index contributed by atoms with van der Waals surface area (Å²) in [6.07, 6.45) is -0.661. The van der Waals surface area contributed by atoms with E-state index in [0.717, 1.165) is 0 Å². The highest BCUT2D eigenvalue weighted by molar-refractivity contribution is 7.92. The van der Waals surface area contributed by atoms with Crippen molar-refractivity contribution in [1.29, 1.82) is 5.26 Å². The van der Waals surface area contributed by atoms with Crippen LogP contribution in [0.3, 0.4) is 0 Å². The third-order valence-corrected chi connectivity index (χ3v) is 8.33. The summed E-state index contributed by atoms with van der Waals surface area (Å²) in [5.41, 5.74) is -2.57. The molecule has 0 aliphatic heterocycles. The van der Waals surface area contributed by atoms with Crippen LogP contribution in [-0.2, 0) is 33.4 Å². The lowest BCUT2D eigenvalue weighted by Crippen LogP contribution is -2.33. The molecule has 0 radical (unpaired) electrons. The van der Waals surface area contributed by atoms with Crippen LogP contribution in [0.4, 0.5) is 8.78 Å². The summed E-state index contributed by atoms with van der Waals surface area (Å²) in [5, 5.41) is 28.9. The maximum atomic E-state index is 15.0. The number of nitriles is 1. The molecule has 1 heterocycles. The van der Waals surface area contributed by atoms with E-state index in [4.69, 9.17) is 0 Å².